The van der Waals surface area contributed by atoms with Crippen molar-refractivity contribution in [3.63, 3.8) is 0 Å². The molecule has 106 valence electrons. The van der Waals surface area contributed by atoms with E-state index < -0.39 is 5.97 Å². The second-order valence-electron chi connectivity index (χ2n) is 4.83. The van der Waals surface area contributed by atoms with Crippen LogP contribution in [-0.4, -0.2) is 16.2 Å². The van der Waals surface area contributed by atoms with Crippen LogP contribution >= 0.6 is 23.2 Å². The molecule has 2 aromatic rings. The fourth-order valence-corrected chi connectivity index (χ4v) is 2.32. The third-order valence-electron chi connectivity index (χ3n) is 2.78. The van der Waals surface area contributed by atoms with Crippen molar-refractivity contribution in [3.05, 3.63) is 39.6 Å². The van der Waals surface area contributed by atoms with Crippen LogP contribution in [-0.2, 0) is 6.42 Å². The number of hydrogen-bond donors (Lipinski definition) is 1. The van der Waals surface area contributed by atoms with E-state index in [1.54, 1.807) is 18.2 Å². The lowest BCUT2D eigenvalue weighted by molar-refractivity contribution is 0.0695. The minimum absolute atomic E-state index is 0.0443. The van der Waals surface area contributed by atoms with E-state index >= 15 is 0 Å². The van der Waals surface area contributed by atoms with E-state index in [-0.39, 0.29) is 22.2 Å². The molecule has 0 aliphatic carbocycles. The number of aromatic carboxylic acids is 1. The van der Waals surface area contributed by atoms with Crippen LogP contribution in [0.15, 0.2) is 22.7 Å². The highest BCUT2D eigenvalue weighted by Crippen LogP contribution is 2.35. The molecule has 6 heteroatoms. The second kappa shape index (κ2) is 5.85. The quantitative estimate of drug-likeness (QED) is 0.899. The van der Waals surface area contributed by atoms with Crippen molar-refractivity contribution in [2.45, 2.75) is 20.3 Å². The molecule has 1 aromatic carbocycles. The van der Waals surface area contributed by atoms with Crippen molar-refractivity contribution in [3.8, 4) is 11.3 Å². The van der Waals surface area contributed by atoms with Gasteiger partial charge in [0.1, 0.15) is 11.3 Å². The lowest BCUT2D eigenvalue weighted by Gasteiger charge is -2.04. The minimum Gasteiger partial charge on any atom is -0.477 e. The first-order valence-electron chi connectivity index (χ1n) is 6.08. The molecule has 4 nitrogen and oxygen atoms in total. The van der Waals surface area contributed by atoms with Crippen molar-refractivity contribution >= 4 is 29.2 Å². The van der Waals surface area contributed by atoms with Crippen LogP contribution < -0.4 is 0 Å². The fourth-order valence-electron chi connectivity index (χ4n) is 1.93. The van der Waals surface area contributed by atoms with Crippen molar-refractivity contribution in [1.82, 2.24) is 5.16 Å². The maximum absolute atomic E-state index is 11.5. The predicted octanol–water partition coefficient (Wildman–Crippen LogP) is 4.55. The third kappa shape index (κ3) is 2.81. The number of halogens is 2. The fraction of sp³-hybridized carbons (Fsp3) is 0.286. The molecule has 0 aliphatic rings. The van der Waals surface area contributed by atoms with E-state index in [2.05, 4.69) is 5.16 Å². The van der Waals surface area contributed by atoms with Gasteiger partial charge in [-0.3, -0.25) is 0 Å². The molecule has 0 spiro atoms. The predicted molar refractivity (Wildman–Crippen MR) is 77.5 cm³/mol. The Hall–Kier alpha value is -1.52. The van der Waals surface area contributed by atoms with Gasteiger partial charge in [0.25, 0.3) is 0 Å². The maximum atomic E-state index is 11.5. The van der Waals surface area contributed by atoms with Crippen LogP contribution in [0.4, 0.5) is 0 Å². The van der Waals surface area contributed by atoms with Gasteiger partial charge in [-0.15, -0.1) is 0 Å². The van der Waals surface area contributed by atoms with Crippen molar-refractivity contribution in [2.24, 2.45) is 5.92 Å². The number of carboxylic acids is 1. The van der Waals surface area contributed by atoms with Gasteiger partial charge in [0.2, 0.25) is 0 Å². The Kier molecular flexibility index (Phi) is 4.35. The zero-order chi connectivity index (χ0) is 14.9. The Labute approximate surface area is 126 Å². The van der Waals surface area contributed by atoms with Gasteiger partial charge in [-0.2, -0.15) is 0 Å². The van der Waals surface area contributed by atoms with Gasteiger partial charge in [-0.25, -0.2) is 4.79 Å². The Balaban J connectivity index is 2.60. The van der Waals surface area contributed by atoms with Crippen LogP contribution in [0.25, 0.3) is 11.3 Å². The molecule has 0 fully saturated rings. The van der Waals surface area contributed by atoms with Gasteiger partial charge in [0.15, 0.2) is 5.76 Å². The van der Waals surface area contributed by atoms with E-state index in [1.165, 1.54) is 0 Å². The van der Waals surface area contributed by atoms with Crippen LogP contribution in [0, 0.1) is 5.92 Å². The Morgan fingerprint density at radius 2 is 2.10 bits per heavy atom. The number of carbonyl (C=O) groups is 1. The van der Waals surface area contributed by atoms with Gasteiger partial charge in [0.05, 0.1) is 10.0 Å². The molecule has 0 atom stereocenters. The molecule has 0 bridgehead atoms. The molecule has 1 heterocycles. The average molecular weight is 314 g/mol. The summed E-state index contributed by atoms with van der Waals surface area (Å²) in [5.41, 5.74) is 0.707. The highest BCUT2D eigenvalue weighted by atomic mass is 35.5. The molecule has 0 radical (unpaired) electrons. The number of hydrogen-bond acceptors (Lipinski definition) is 3. The molecule has 1 N–H and O–H groups in total. The van der Waals surface area contributed by atoms with Crippen molar-refractivity contribution in [1.29, 1.82) is 0 Å². The smallest absolute Gasteiger partial charge is 0.341 e. The third-order valence-corrected chi connectivity index (χ3v) is 3.60. The first kappa shape index (κ1) is 14.9. The van der Waals surface area contributed by atoms with E-state index in [0.29, 0.717) is 22.8 Å². The summed E-state index contributed by atoms with van der Waals surface area (Å²) < 4.78 is 5.18. The summed E-state index contributed by atoms with van der Waals surface area (Å²) in [7, 11) is 0. The first-order valence-corrected chi connectivity index (χ1v) is 6.83. The summed E-state index contributed by atoms with van der Waals surface area (Å²) in [6.07, 6.45) is 0.493. The average Bonchev–Trinajstić information content (AvgIpc) is 2.75. The molecular weight excluding hydrogens is 301 g/mol. The van der Waals surface area contributed by atoms with Gasteiger partial charge in [-0.05, 0) is 12.0 Å². The first-order chi connectivity index (χ1) is 9.41. The maximum Gasteiger partial charge on any atom is 0.341 e. The summed E-state index contributed by atoms with van der Waals surface area (Å²) in [5, 5.41) is 13.9. The van der Waals surface area contributed by atoms with Crippen molar-refractivity contribution < 1.29 is 14.4 Å². The standard InChI is InChI=1S/C14H13Cl2NO3/c1-7(2)6-10-11(14(18)19)13(17-20-10)8-4-3-5-9(15)12(8)16/h3-5,7H,6H2,1-2H3,(H,18,19). The van der Waals surface area contributed by atoms with E-state index in [1.807, 2.05) is 13.8 Å². The largest absolute Gasteiger partial charge is 0.477 e. The normalized spacial score (nSPS) is 11.1. The highest BCUT2D eigenvalue weighted by Gasteiger charge is 2.25. The lowest BCUT2D eigenvalue weighted by Crippen LogP contribution is -2.04. The molecule has 0 aliphatic heterocycles. The summed E-state index contributed by atoms with van der Waals surface area (Å²) in [6, 6.07) is 4.98. The molecular formula is C14H13Cl2NO3. The highest BCUT2D eigenvalue weighted by molar-refractivity contribution is 6.43. The zero-order valence-corrected chi connectivity index (χ0v) is 12.5. The number of benzene rings is 1. The van der Waals surface area contributed by atoms with E-state index in [4.69, 9.17) is 27.7 Å². The van der Waals surface area contributed by atoms with Gasteiger partial charge in [0, 0.05) is 12.0 Å². The van der Waals surface area contributed by atoms with Gasteiger partial charge in [-0.1, -0.05) is 54.3 Å². The Morgan fingerprint density at radius 3 is 2.70 bits per heavy atom. The molecule has 0 amide bonds. The molecule has 1 aromatic heterocycles. The van der Waals surface area contributed by atoms with Crippen molar-refractivity contribution in [2.75, 3.05) is 0 Å². The number of nitrogens with zero attached hydrogens (tertiary/aromatic N) is 1. The van der Waals surface area contributed by atoms with E-state index in [0.717, 1.165) is 0 Å². The summed E-state index contributed by atoms with van der Waals surface area (Å²) in [5.74, 6) is -0.491. The number of rotatable bonds is 4. The number of carboxylic acid groups (broad SMARTS) is 1. The minimum atomic E-state index is -1.09. The summed E-state index contributed by atoms with van der Waals surface area (Å²) >= 11 is 12.1. The van der Waals surface area contributed by atoms with Crippen LogP contribution in [0.3, 0.4) is 0 Å². The molecule has 0 saturated carbocycles. The van der Waals surface area contributed by atoms with Crippen LogP contribution in [0.2, 0.25) is 10.0 Å². The molecule has 0 unspecified atom stereocenters. The molecule has 0 saturated heterocycles. The zero-order valence-electron chi connectivity index (χ0n) is 11.0. The molecule has 20 heavy (non-hydrogen) atoms. The van der Waals surface area contributed by atoms with E-state index in [9.17, 15) is 9.90 Å². The SMILES string of the molecule is CC(C)Cc1onc(-c2cccc(Cl)c2Cl)c1C(=O)O. The topological polar surface area (TPSA) is 63.3 Å². The summed E-state index contributed by atoms with van der Waals surface area (Å²) in [6.45, 7) is 3.94. The lowest BCUT2D eigenvalue weighted by atomic mass is 10.0. The second-order valence-corrected chi connectivity index (χ2v) is 5.62. The van der Waals surface area contributed by atoms with Crippen LogP contribution in [0.1, 0.15) is 30.0 Å². The summed E-state index contributed by atoms with van der Waals surface area (Å²) in [4.78, 5) is 11.5. The molecule has 2 rings (SSSR count). The van der Waals surface area contributed by atoms with Gasteiger partial charge < -0.3 is 9.63 Å². The van der Waals surface area contributed by atoms with Crippen LogP contribution in [0.5, 0.6) is 0 Å². The number of aromatic nitrogens is 1. The Morgan fingerprint density at radius 1 is 1.40 bits per heavy atom. The van der Waals surface area contributed by atoms with Gasteiger partial charge >= 0.3 is 5.97 Å². The Bertz CT molecular complexity index is 650. The monoisotopic (exact) mass is 313 g/mol.